The summed E-state index contributed by atoms with van der Waals surface area (Å²) in [6.45, 7) is 13.7. The lowest BCUT2D eigenvalue weighted by Gasteiger charge is -2.35. The maximum atomic E-state index is 4.32. The Bertz CT molecular complexity index is 299. The van der Waals surface area contributed by atoms with Crippen LogP contribution in [-0.2, 0) is 0 Å². The molecule has 0 aromatic rings. The van der Waals surface area contributed by atoms with Crippen LogP contribution in [-0.4, -0.2) is 50.1 Å². The zero-order chi connectivity index (χ0) is 15.7. The third kappa shape index (κ3) is 7.70. The monoisotopic (exact) mass is 296 g/mol. The van der Waals surface area contributed by atoms with Crippen molar-refractivity contribution < 1.29 is 0 Å². The van der Waals surface area contributed by atoms with Gasteiger partial charge < -0.3 is 15.5 Å². The van der Waals surface area contributed by atoms with Crippen molar-refractivity contribution in [3.05, 3.63) is 0 Å². The molecule has 1 saturated heterocycles. The molecule has 0 saturated carbocycles. The summed E-state index contributed by atoms with van der Waals surface area (Å²) < 4.78 is 0. The predicted octanol–water partition coefficient (Wildman–Crippen LogP) is 2.71. The van der Waals surface area contributed by atoms with Gasteiger partial charge in [0.15, 0.2) is 5.96 Å². The molecule has 124 valence electrons. The largest absolute Gasteiger partial charge is 0.356 e. The van der Waals surface area contributed by atoms with Gasteiger partial charge in [0.1, 0.15) is 0 Å². The lowest BCUT2D eigenvalue weighted by atomic mass is 9.97. The number of rotatable bonds is 7. The quantitative estimate of drug-likeness (QED) is 0.431. The van der Waals surface area contributed by atoms with Crippen LogP contribution in [0.3, 0.4) is 0 Å². The molecular formula is C17H36N4. The number of nitrogens with one attached hydrogen (secondary N) is 2. The summed E-state index contributed by atoms with van der Waals surface area (Å²) in [4.78, 5) is 6.92. The molecule has 1 rings (SSSR count). The summed E-state index contributed by atoms with van der Waals surface area (Å²) >= 11 is 0. The number of aliphatic imine (C=N–C) groups is 1. The summed E-state index contributed by atoms with van der Waals surface area (Å²) in [5.41, 5.74) is 0. The second-order valence-corrected chi connectivity index (χ2v) is 7.01. The van der Waals surface area contributed by atoms with Gasteiger partial charge in [0, 0.05) is 32.7 Å². The Balaban J connectivity index is 2.22. The predicted molar refractivity (Wildman–Crippen MR) is 92.9 cm³/mol. The molecule has 1 aliphatic rings. The van der Waals surface area contributed by atoms with E-state index in [1.54, 1.807) is 0 Å². The molecule has 0 bridgehead atoms. The number of hydrogen-bond donors (Lipinski definition) is 2. The molecule has 1 fully saturated rings. The summed E-state index contributed by atoms with van der Waals surface area (Å²) in [6.07, 6.45) is 5.14. The number of hydrogen-bond acceptors (Lipinski definition) is 2. The van der Waals surface area contributed by atoms with Gasteiger partial charge in [-0.2, -0.15) is 0 Å². The van der Waals surface area contributed by atoms with Crippen molar-refractivity contribution in [3.63, 3.8) is 0 Å². The fraction of sp³-hybridized carbons (Fsp3) is 0.941. The van der Waals surface area contributed by atoms with Crippen LogP contribution in [0.5, 0.6) is 0 Å². The van der Waals surface area contributed by atoms with E-state index in [2.05, 4.69) is 48.2 Å². The highest BCUT2D eigenvalue weighted by atomic mass is 15.2. The third-order valence-corrected chi connectivity index (χ3v) is 4.31. The van der Waals surface area contributed by atoms with Crippen LogP contribution in [0.4, 0.5) is 0 Å². The van der Waals surface area contributed by atoms with E-state index in [0.717, 1.165) is 30.9 Å². The van der Waals surface area contributed by atoms with Gasteiger partial charge in [-0.3, -0.25) is 4.99 Å². The molecule has 2 N–H and O–H groups in total. The Morgan fingerprint density at radius 2 is 2.00 bits per heavy atom. The number of likely N-dealkylation sites (tertiary alicyclic amines) is 1. The van der Waals surface area contributed by atoms with Gasteiger partial charge in [0.2, 0.25) is 0 Å². The van der Waals surface area contributed by atoms with Gasteiger partial charge in [-0.1, -0.05) is 13.8 Å². The van der Waals surface area contributed by atoms with Crippen LogP contribution in [0.15, 0.2) is 4.99 Å². The SMILES string of the molecule is CN=C(NCCCC(C)C)NCC1CCCN(C(C)C)C1. The Hall–Kier alpha value is -0.770. The Morgan fingerprint density at radius 1 is 1.24 bits per heavy atom. The Kier molecular flexibility index (Phi) is 8.74. The molecule has 0 spiro atoms. The maximum absolute atomic E-state index is 4.32. The van der Waals surface area contributed by atoms with E-state index < -0.39 is 0 Å². The second-order valence-electron chi connectivity index (χ2n) is 7.01. The Morgan fingerprint density at radius 3 is 2.62 bits per heavy atom. The third-order valence-electron chi connectivity index (χ3n) is 4.31. The van der Waals surface area contributed by atoms with Gasteiger partial charge in [0.05, 0.1) is 0 Å². The van der Waals surface area contributed by atoms with Crippen molar-refractivity contribution in [3.8, 4) is 0 Å². The fourth-order valence-corrected chi connectivity index (χ4v) is 2.91. The lowest BCUT2D eigenvalue weighted by Crippen LogP contribution is -2.46. The van der Waals surface area contributed by atoms with Crippen LogP contribution < -0.4 is 10.6 Å². The van der Waals surface area contributed by atoms with Gasteiger partial charge in [-0.05, 0) is 57.9 Å². The zero-order valence-electron chi connectivity index (χ0n) is 14.8. The smallest absolute Gasteiger partial charge is 0.190 e. The van der Waals surface area contributed by atoms with Gasteiger partial charge in [-0.15, -0.1) is 0 Å². The molecule has 4 nitrogen and oxygen atoms in total. The van der Waals surface area contributed by atoms with E-state index in [0.29, 0.717) is 6.04 Å². The topological polar surface area (TPSA) is 39.7 Å². The van der Waals surface area contributed by atoms with Crippen LogP contribution in [0.25, 0.3) is 0 Å². The Labute approximate surface area is 131 Å². The molecule has 0 aliphatic carbocycles. The first-order chi connectivity index (χ1) is 10.0. The van der Waals surface area contributed by atoms with Gasteiger partial charge in [0.25, 0.3) is 0 Å². The van der Waals surface area contributed by atoms with Crippen LogP contribution in [0.1, 0.15) is 53.4 Å². The average Bonchev–Trinajstić information content (AvgIpc) is 2.46. The minimum atomic E-state index is 0.668. The molecule has 0 aromatic heterocycles. The first-order valence-corrected chi connectivity index (χ1v) is 8.71. The first kappa shape index (κ1) is 18.3. The van der Waals surface area contributed by atoms with Crippen LogP contribution >= 0.6 is 0 Å². The highest BCUT2D eigenvalue weighted by Crippen LogP contribution is 2.17. The van der Waals surface area contributed by atoms with Crippen molar-refractivity contribution in [1.82, 2.24) is 15.5 Å². The van der Waals surface area contributed by atoms with E-state index in [-0.39, 0.29) is 0 Å². The van der Waals surface area contributed by atoms with Gasteiger partial charge >= 0.3 is 0 Å². The zero-order valence-corrected chi connectivity index (χ0v) is 14.8. The summed E-state index contributed by atoms with van der Waals surface area (Å²) in [5, 5.41) is 6.92. The standard InChI is InChI=1S/C17H36N4/c1-14(2)8-6-10-19-17(18-5)20-12-16-9-7-11-21(13-16)15(3)4/h14-16H,6-13H2,1-5H3,(H2,18,19,20). The molecule has 0 amide bonds. The van der Waals surface area contributed by atoms with E-state index in [1.165, 1.54) is 38.8 Å². The van der Waals surface area contributed by atoms with E-state index in [4.69, 9.17) is 0 Å². The molecule has 1 unspecified atom stereocenters. The van der Waals surface area contributed by atoms with E-state index in [1.807, 2.05) is 7.05 Å². The first-order valence-electron chi connectivity index (χ1n) is 8.71. The maximum Gasteiger partial charge on any atom is 0.190 e. The fourth-order valence-electron chi connectivity index (χ4n) is 2.91. The van der Waals surface area contributed by atoms with Gasteiger partial charge in [-0.25, -0.2) is 0 Å². The summed E-state index contributed by atoms with van der Waals surface area (Å²) in [7, 11) is 1.86. The normalized spacial score (nSPS) is 21.1. The van der Waals surface area contributed by atoms with Crippen LogP contribution in [0, 0.1) is 11.8 Å². The highest BCUT2D eigenvalue weighted by molar-refractivity contribution is 5.79. The number of nitrogens with zero attached hydrogens (tertiary/aromatic N) is 2. The number of guanidine groups is 1. The minimum absolute atomic E-state index is 0.668. The molecule has 4 heteroatoms. The van der Waals surface area contributed by atoms with Crippen molar-refractivity contribution in [2.75, 3.05) is 33.2 Å². The summed E-state index contributed by atoms with van der Waals surface area (Å²) in [6, 6.07) is 0.668. The molecule has 1 aliphatic heterocycles. The van der Waals surface area contributed by atoms with Crippen LogP contribution in [0.2, 0.25) is 0 Å². The molecule has 21 heavy (non-hydrogen) atoms. The van der Waals surface area contributed by atoms with Crippen molar-refractivity contribution in [2.24, 2.45) is 16.8 Å². The average molecular weight is 297 g/mol. The van der Waals surface area contributed by atoms with Crippen molar-refractivity contribution >= 4 is 5.96 Å². The molecule has 0 radical (unpaired) electrons. The molecule has 0 aromatic carbocycles. The molecular weight excluding hydrogens is 260 g/mol. The summed E-state index contributed by atoms with van der Waals surface area (Å²) in [5.74, 6) is 2.49. The molecule has 1 heterocycles. The van der Waals surface area contributed by atoms with E-state index in [9.17, 15) is 0 Å². The van der Waals surface area contributed by atoms with E-state index >= 15 is 0 Å². The molecule has 1 atom stereocenters. The highest BCUT2D eigenvalue weighted by Gasteiger charge is 2.21. The van der Waals surface area contributed by atoms with Crippen molar-refractivity contribution in [2.45, 2.75) is 59.4 Å². The lowest BCUT2D eigenvalue weighted by molar-refractivity contribution is 0.141. The number of piperidine rings is 1. The second kappa shape index (κ2) is 10.0. The van der Waals surface area contributed by atoms with Crippen molar-refractivity contribution in [1.29, 1.82) is 0 Å². The minimum Gasteiger partial charge on any atom is -0.356 e.